The quantitative estimate of drug-likeness (QED) is 0.849. The largest absolute Gasteiger partial charge is 0.395 e. The molecule has 0 spiro atoms. The molecule has 2 rings (SSSR count). The van der Waals surface area contributed by atoms with Gasteiger partial charge in [0, 0.05) is 25.5 Å². The molecule has 0 atom stereocenters. The van der Waals surface area contributed by atoms with Crippen LogP contribution >= 0.6 is 23.2 Å². The van der Waals surface area contributed by atoms with Crippen LogP contribution in [0.4, 0.5) is 4.39 Å². The first-order valence-electron chi connectivity index (χ1n) is 6.46. The Bertz CT molecular complexity index is 668. The number of hydrogen-bond donors (Lipinski definition) is 1. The van der Waals surface area contributed by atoms with E-state index in [2.05, 4.69) is 4.98 Å². The van der Waals surface area contributed by atoms with Crippen molar-refractivity contribution in [3.05, 3.63) is 63.6 Å². The maximum absolute atomic E-state index is 13.6. The third kappa shape index (κ3) is 3.94. The van der Waals surface area contributed by atoms with E-state index in [0.29, 0.717) is 0 Å². The maximum atomic E-state index is 13.6. The fourth-order valence-electron chi connectivity index (χ4n) is 1.94. The summed E-state index contributed by atoms with van der Waals surface area (Å²) in [6.07, 6.45) is 3.23. The third-order valence-corrected chi connectivity index (χ3v) is 3.60. The first kappa shape index (κ1) is 16.7. The molecule has 7 heteroatoms. The van der Waals surface area contributed by atoms with Crippen LogP contribution in [0.5, 0.6) is 0 Å². The van der Waals surface area contributed by atoms with Gasteiger partial charge < -0.3 is 10.0 Å². The van der Waals surface area contributed by atoms with Gasteiger partial charge in [-0.3, -0.25) is 9.78 Å². The number of pyridine rings is 1. The van der Waals surface area contributed by atoms with Crippen LogP contribution in [0, 0.1) is 5.82 Å². The Morgan fingerprint density at radius 1 is 1.32 bits per heavy atom. The lowest BCUT2D eigenvalue weighted by Crippen LogP contribution is -2.33. The second-order valence-electron chi connectivity index (χ2n) is 4.56. The number of carbonyl (C=O) groups excluding carboxylic acids is 1. The molecule has 116 valence electrons. The highest BCUT2D eigenvalue weighted by molar-refractivity contribution is 6.36. The molecule has 1 N–H and O–H groups in total. The standard InChI is InChI=1S/C15H13Cl2FN2O2/c16-12-7-13(17)14(18)6-11(12)15(22)20(4-5-21)9-10-2-1-3-19-8-10/h1-3,6-8,21H,4-5,9H2. The highest BCUT2D eigenvalue weighted by Gasteiger charge is 2.20. The zero-order valence-electron chi connectivity index (χ0n) is 11.5. The number of hydrogen-bond acceptors (Lipinski definition) is 3. The topological polar surface area (TPSA) is 53.4 Å². The van der Waals surface area contributed by atoms with Gasteiger partial charge >= 0.3 is 0 Å². The van der Waals surface area contributed by atoms with Crippen molar-refractivity contribution in [1.29, 1.82) is 0 Å². The Labute approximate surface area is 137 Å². The van der Waals surface area contributed by atoms with Crippen molar-refractivity contribution in [2.24, 2.45) is 0 Å². The Morgan fingerprint density at radius 2 is 2.09 bits per heavy atom. The Morgan fingerprint density at radius 3 is 2.73 bits per heavy atom. The molecule has 0 unspecified atom stereocenters. The van der Waals surface area contributed by atoms with E-state index in [1.165, 1.54) is 11.0 Å². The molecule has 1 heterocycles. The minimum Gasteiger partial charge on any atom is -0.395 e. The highest BCUT2D eigenvalue weighted by Crippen LogP contribution is 2.25. The van der Waals surface area contributed by atoms with Crippen LogP contribution in [0.1, 0.15) is 15.9 Å². The van der Waals surface area contributed by atoms with Crippen molar-refractivity contribution >= 4 is 29.1 Å². The lowest BCUT2D eigenvalue weighted by Gasteiger charge is -2.22. The van der Waals surface area contributed by atoms with Crippen LogP contribution in [0.3, 0.4) is 0 Å². The first-order chi connectivity index (χ1) is 10.5. The summed E-state index contributed by atoms with van der Waals surface area (Å²) in [4.78, 5) is 17.9. The van der Waals surface area contributed by atoms with Gasteiger partial charge in [-0.1, -0.05) is 29.3 Å². The van der Waals surface area contributed by atoms with Crippen molar-refractivity contribution in [2.75, 3.05) is 13.2 Å². The van der Waals surface area contributed by atoms with Gasteiger partial charge in [0.1, 0.15) is 5.82 Å². The molecule has 1 aromatic heterocycles. The second kappa shape index (κ2) is 7.54. The number of amides is 1. The van der Waals surface area contributed by atoms with Gasteiger partial charge in [-0.25, -0.2) is 4.39 Å². The van der Waals surface area contributed by atoms with Crippen molar-refractivity contribution < 1.29 is 14.3 Å². The van der Waals surface area contributed by atoms with Crippen LogP contribution in [-0.4, -0.2) is 34.0 Å². The Hall–Kier alpha value is -1.69. The van der Waals surface area contributed by atoms with E-state index >= 15 is 0 Å². The molecule has 0 radical (unpaired) electrons. The van der Waals surface area contributed by atoms with Crippen LogP contribution in [0.2, 0.25) is 10.0 Å². The summed E-state index contributed by atoms with van der Waals surface area (Å²) >= 11 is 11.6. The van der Waals surface area contributed by atoms with Gasteiger partial charge in [0.15, 0.2) is 0 Å². The van der Waals surface area contributed by atoms with Gasteiger partial charge in [-0.2, -0.15) is 0 Å². The number of nitrogens with zero attached hydrogens (tertiary/aromatic N) is 2. The minimum absolute atomic E-state index is 0.000840. The third-order valence-electron chi connectivity index (χ3n) is 2.99. The smallest absolute Gasteiger partial charge is 0.255 e. The van der Waals surface area contributed by atoms with Gasteiger partial charge in [0.25, 0.3) is 5.91 Å². The summed E-state index contributed by atoms with van der Waals surface area (Å²) in [6.45, 7) is 0.0990. The molecular weight excluding hydrogens is 330 g/mol. The van der Waals surface area contributed by atoms with E-state index in [1.807, 2.05) is 0 Å². The zero-order chi connectivity index (χ0) is 16.1. The maximum Gasteiger partial charge on any atom is 0.255 e. The van der Waals surface area contributed by atoms with Crippen LogP contribution in [0.25, 0.3) is 0 Å². The monoisotopic (exact) mass is 342 g/mol. The zero-order valence-corrected chi connectivity index (χ0v) is 13.0. The predicted octanol–water partition coefficient (Wildman–Crippen LogP) is 3.16. The molecule has 0 fully saturated rings. The summed E-state index contributed by atoms with van der Waals surface area (Å²) < 4.78 is 13.6. The lowest BCUT2D eigenvalue weighted by atomic mass is 10.1. The molecule has 0 aliphatic rings. The van der Waals surface area contributed by atoms with Gasteiger partial charge in [0.05, 0.1) is 22.2 Å². The minimum atomic E-state index is -0.722. The van der Waals surface area contributed by atoms with Crippen molar-refractivity contribution in [1.82, 2.24) is 9.88 Å². The molecular formula is C15H13Cl2FN2O2. The molecule has 0 aliphatic heterocycles. The van der Waals surface area contributed by atoms with Crippen LogP contribution in [-0.2, 0) is 6.54 Å². The molecule has 22 heavy (non-hydrogen) atoms. The summed E-state index contributed by atoms with van der Waals surface area (Å²) in [5.41, 5.74) is 0.788. The van der Waals surface area contributed by atoms with E-state index in [4.69, 9.17) is 28.3 Å². The number of aliphatic hydroxyl groups is 1. The summed E-state index contributed by atoms with van der Waals surface area (Å²) in [5, 5.41) is 9.05. The summed E-state index contributed by atoms with van der Waals surface area (Å²) in [6, 6.07) is 5.73. The normalized spacial score (nSPS) is 10.5. The van der Waals surface area contributed by atoms with Crippen molar-refractivity contribution in [3.63, 3.8) is 0 Å². The fraction of sp³-hybridized carbons (Fsp3) is 0.200. The van der Waals surface area contributed by atoms with Crippen LogP contribution < -0.4 is 0 Å². The number of aliphatic hydroxyl groups excluding tert-OH is 1. The second-order valence-corrected chi connectivity index (χ2v) is 5.37. The number of carbonyl (C=O) groups is 1. The average molecular weight is 343 g/mol. The number of benzene rings is 1. The van der Waals surface area contributed by atoms with E-state index in [1.54, 1.807) is 24.5 Å². The van der Waals surface area contributed by atoms with E-state index in [-0.39, 0.29) is 35.3 Å². The molecule has 1 amide bonds. The van der Waals surface area contributed by atoms with E-state index in [0.717, 1.165) is 11.6 Å². The molecule has 0 aliphatic carbocycles. The van der Waals surface area contributed by atoms with Gasteiger partial charge in [0.2, 0.25) is 0 Å². The van der Waals surface area contributed by atoms with E-state index < -0.39 is 11.7 Å². The molecule has 2 aromatic rings. The number of rotatable bonds is 5. The molecule has 0 saturated heterocycles. The Balaban J connectivity index is 2.28. The molecule has 0 bridgehead atoms. The molecule has 0 saturated carbocycles. The first-order valence-corrected chi connectivity index (χ1v) is 7.22. The number of aromatic nitrogens is 1. The number of halogens is 3. The van der Waals surface area contributed by atoms with Crippen molar-refractivity contribution in [2.45, 2.75) is 6.54 Å². The van der Waals surface area contributed by atoms with Gasteiger partial charge in [-0.05, 0) is 23.8 Å². The summed E-state index contributed by atoms with van der Waals surface area (Å²) in [7, 11) is 0. The van der Waals surface area contributed by atoms with Gasteiger partial charge in [-0.15, -0.1) is 0 Å². The van der Waals surface area contributed by atoms with Crippen LogP contribution in [0.15, 0.2) is 36.7 Å². The highest BCUT2D eigenvalue weighted by atomic mass is 35.5. The van der Waals surface area contributed by atoms with Crippen molar-refractivity contribution in [3.8, 4) is 0 Å². The fourth-order valence-corrected chi connectivity index (χ4v) is 2.41. The molecule has 1 aromatic carbocycles. The SMILES string of the molecule is O=C(c1cc(F)c(Cl)cc1Cl)N(CCO)Cc1cccnc1. The average Bonchev–Trinajstić information content (AvgIpc) is 2.51. The lowest BCUT2D eigenvalue weighted by molar-refractivity contribution is 0.0707. The summed E-state index contributed by atoms with van der Waals surface area (Å²) in [5.74, 6) is -1.21. The predicted molar refractivity (Wildman–Crippen MR) is 82.5 cm³/mol. The molecule has 4 nitrogen and oxygen atoms in total. The Kier molecular flexibility index (Phi) is 5.71. The van der Waals surface area contributed by atoms with E-state index in [9.17, 15) is 9.18 Å².